The van der Waals surface area contributed by atoms with Gasteiger partial charge in [-0.3, -0.25) is 9.48 Å². The fraction of sp³-hybridized carbons (Fsp3) is 0.750. The lowest BCUT2D eigenvalue weighted by Gasteiger charge is -2.25. The number of hydrogen-bond acceptors (Lipinski definition) is 3. The van der Waals surface area contributed by atoms with Gasteiger partial charge in [0.2, 0.25) is 5.91 Å². The molecule has 0 atom stereocenters. The first-order valence-corrected chi connectivity index (χ1v) is 7.83. The minimum absolute atomic E-state index is 0.0100. The van der Waals surface area contributed by atoms with Crippen molar-refractivity contribution in [2.24, 2.45) is 5.41 Å². The van der Waals surface area contributed by atoms with E-state index in [4.69, 9.17) is 5.73 Å². The third-order valence-electron chi connectivity index (χ3n) is 3.95. The van der Waals surface area contributed by atoms with Crippen molar-refractivity contribution in [2.45, 2.75) is 66.8 Å². The van der Waals surface area contributed by atoms with Crippen LogP contribution in [0.3, 0.4) is 0 Å². The van der Waals surface area contributed by atoms with Crippen molar-refractivity contribution >= 4 is 11.6 Å². The summed E-state index contributed by atoms with van der Waals surface area (Å²) in [6.07, 6.45) is 4.82. The Morgan fingerprint density at radius 3 is 2.52 bits per heavy atom. The number of carbonyl (C=O) groups is 1. The first-order valence-electron chi connectivity index (χ1n) is 7.83. The van der Waals surface area contributed by atoms with Gasteiger partial charge in [0.15, 0.2) is 0 Å². The molecule has 0 saturated carbocycles. The van der Waals surface area contributed by atoms with E-state index in [1.165, 1.54) is 19.3 Å². The molecule has 1 aromatic rings. The van der Waals surface area contributed by atoms with Gasteiger partial charge < -0.3 is 11.1 Å². The van der Waals surface area contributed by atoms with Crippen molar-refractivity contribution in [1.82, 2.24) is 15.1 Å². The summed E-state index contributed by atoms with van der Waals surface area (Å²) in [4.78, 5) is 12.0. The third kappa shape index (κ3) is 5.40. The standard InChI is InChI=1S/C16H30N4O/c1-6-7-8-9-16(4,5)11-18-14(21)10-20-13(3)15(17)12(2)19-20/h6-11,17H2,1-5H3,(H,18,21). The molecule has 120 valence electrons. The number of nitrogens with zero attached hydrogens (tertiary/aromatic N) is 2. The van der Waals surface area contributed by atoms with E-state index in [0.29, 0.717) is 12.2 Å². The molecule has 1 heterocycles. The molecule has 0 unspecified atom stereocenters. The topological polar surface area (TPSA) is 72.9 Å². The summed E-state index contributed by atoms with van der Waals surface area (Å²) in [5, 5.41) is 7.30. The van der Waals surface area contributed by atoms with Gasteiger partial charge in [-0.25, -0.2) is 0 Å². The lowest BCUT2D eigenvalue weighted by atomic mass is 9.87. The Labute approximate surface area is 128 Å². The molecule has 1 aromatic heterocycles. The van der Waals surface area contributed by atoms with Crippen LogP contribution >= 0.6 is 0 Å². The van der Waals surface area contributed by atoms with E-state index in [1.54, 1.807) is 4.68 Å². The number of rotatable bonds is 8. The number of amides is 1. The van der Waals surface area contributed by atoms with Crippen molar-refractivity contribution in [3.05, 3.63) is 11.4 Å². The number of nitrogens with one attached hydrogen (secondary N) is 1. The first kappa shape index (κ1) is 17.5. The van der Waals surface area contributed by atoms with E-state index in [-0.39, 0.29) is 17.9 Å². The normalized spacial score (nSPS) is 11.7. The Kier molecular flexibility index (Phi) is 6.24. The van der Waals surface area contributed by atoms with Gasteiger partial charge >= 0.3 is 0 Å². The summed E-state index contributed by atoms with van der Waals surface area (Å²) in [5.41, 5.74) is 8.31. The zero-order valence-electron chi connectivity index (χ0n) is 14.1. The van der Waals surface area contributed by atoms with Crippen molar-refractivity contribution in [1.29, 1.82) is 0 Å². The SMILES string of the molecule is CCCCCC(C)(C)CNC(=O)Cn1nc(C)c(N)c1C. The quantitative estimate of drug-likeness (QED) is 0.724. The Hall–Kier alpha value is -1.52. The summed E-state index contributed by atoms with van der Waals surface area (Å²) >= 11 is 0. The Morgan fingerprint density at radius 2 is 2.00 bits per heavy atom. The minimum Gasteiger partial charge on any atom is -0.396 e. The fourth-order valence-electron chi connectivity index (χ4n) is 2.34. The number of anilines is 1. The highest BCUT2D eigenvalue weighted by Gasteiger charge is 2.19. The van der Waals surface area contributed by atoms with E-state index in [0.717, 1.165) is 17.8 Å². The van der Waals surface area contributed by atoms with E-state index < -0.39 is 0 Å². The molecule has 0 aliphatic rings. The highest BCUT2D eigenvalue weighted by Crippen LogP contribution is 2.22. The lowest BCUT2D eigenvalue weighted by molar-refractivity contribution is -0.122. The molecule has 0 aliphatic carbocycles. The zero-order valence-corrected chi connectivity index (χ0v) is 14.1. The molecular formula is C16H30N4O. The number of carbonyl (C=O) groups excluding carboxylic acids is 1. The van der Waals surface area contributed by atoms with Gasteiger partial charge in [-0.1, -0.05) is 40.0 Å². The van der Waals surface area contributed by atoms with Crippen LogP contribution in [0.1, 0.15) is 57.8 Å². The number of aromatic nitrogens is 2. The van der Waals surface area contributed by atoms with Crippen LogP contribution in [0.25, 0.3) is 0 Å². The molecule has 0 radical (unpaired) electrons. The summed E-state index contributed by atoms with van der Waals surface area (Å²) in [7, 11) is 0. The summed E-state index contributed by atoms with van der Waals surface area (Å²) in [5.74, 6) is -0.0100. The van der Waals surface area contributed by atoms with Crippen molar-refractivity contribution in [3.8, 4) is 0 Å². The van der Waals surface area contributed by atoms with Gasteiger partial charge in [-0.05, 0) is 25.7 Å². The van der Waals surface area contributed by atoms with Gasteiger partial charge in [0.1, 0.15) is 6.54 Å². The third-order valence-corrected chi connectivity index (χ3v) is 3.95. The van der Waals surface area contributed by atoms with Gasteiger partial charge in [0, 0.05) is 6.54 Å². The zero-order chi connectivity index (χ0) is 16.0. The molecule has 21 heavy (non-hydrogen) atoms. The average Bonchev–Trinajstić information content (AvgIpc) is 2.64. The molecular weight excluding hydrogens is 264 g/mol. The largest absolute Gasteiger partial charge is 0.396 e. The monoisotopic (exact) mass is 294 g/mol. The van der Waals surface area contributed by atoms with Gasteiger partial charge in [0.25, 0.3) is 0 Å². The maximum atomic E-state index is 12.0. The minimum atomic E-state index is -0.0100. The van der Waals surface area contributed by atoms with E-state index >= 15 is 0 Å². The van der Waals surface area contributed by atoms with Crippen molar-refractivity contribution in [3.63, 3.8) is 0 Å². The molecule has 0 bridgehead atoms. The van der Waals surface area contributed by atoms with Crippen LogP contribution in [0.5, 0.6) is 0 Å². The molecule has 3 N–H and O–H groups in total. The molecule has 5 nitrogen and oxygen atoms in total. The van der Waals surface area contributed by atoms with Crippen LogP contribution in [-0.2, 0) is 11.3 Å². The van der Waals surface area contributed by atoms with Crippen molar-refractivity contribution in [2.75, 3.05) is 12.3 Å². The van der Waals surface area contributed by atoms with Gasteiger partial charge in [-0.15, -0.1) is 0 Å². The Balaban J connectivity index is 2.45. The summed E-state index contributed by atoms with van der Waals surface area (Å²) in [6, 6.07) is 0. The second-order valence-corrected chi connectivity index (χ2v) is 6.64. The van der Waals surface area contributed by atoms with Crippen LogP contribution in [0.2, 0.25) is 0 Å². The van der Waals surface area contributed by atoms with Gasteiger partial charge in [-0.2, -0.15) is 5.10 Å². The fourth-order valence-corrected chi connectivity index (χ4v) is 2.34. The molecule has 0 fully saturated rings. The van der Waals surface area contributed by atoms with Crippen LogP contribution in [-0.4, -0.2) is 22.2 Å². The van der Waals surface area contributed by atoms with Crippen LogP contribution in [0.15, 0.2) is 0 Å². The Bertz CT molecular complexity index is 477. The van der Waals surface area contributed by atoms with E-state index in [2.05, 4.69) is 31.2 Å². The number of aryl methyl sites for hydroxylation is 1. The maximum absolute atomic E-state index is 12.0. The van der Waals surface area contributed by atoms with Crippen LogP contribution in [0.4, 0.5) is 5.69 Å². The van der Waals surface area contributed by atoms with E-state index in [1.807, 2.05) is 13.8 Å². The first-order chi connectivity index (χ1) is 9.76. The predicted octanol–water partition coefficient (Wildman–Crippen LogP) is 2.80. The van der Waals surface area contributed by atoms with Gasteiger partial charge in [0.05, 0.1) is 17.1 Å². The average molecular weight is 294 g/mol. The molecule has 5 heteroatoms. The molecule has 0 spiro atoms. The lowest BCUT2D eigenvalue weighted by Crippen LogP contribution is -2.36. The smallest absolute Gasteiger partial charge is 0.241 e. The maximum Gasteiger partial charge on any atom is 0.241 e. The molecule has 1 amide bonds. The molecule has 0 aliphatic heterocycles. The number of nitrogens with two attached hydrogens (primary N) is 1. The highest BCUT2D eigenvalue weighted by atomic mass is 16.2. The van der Waals surface area contributed by atoms with Crippen LogP contribution < -0.4 is 11.1 Å². The molecule has 1 rings (SSSR count). The van der Waals surface area contributed by atoms with E-state index in [9.17, 15) is 4.79 Å². The highest BCUT2D eigenvalue weighted by molar-refractivity contribution is 5.76. The molecule has 0 saturated heterocycles. The van der Waals surface area contributed by atoms with Crippen molar-refractivity contribution < 1.29 is 4.79 Å². The van der Waals surface area contributed by atoms with Crippen LogP contribution in [0, 0.1) is 19.3 Å². The number of hydrogen-bond donors (Lipinski definition) is 2. The second kappa shape index (κ2) is 7.48. The summed E-state index contributed by atoms with van der Waals surface area (Å²) < 4.78 is 1.67. The number of nitrogen functional groups attached to an aromatic ring is 1. The summed E-state index contributed by atoms with van der Waals surface area (Å²) in [6.45, 7) is 11.3. The predicted molar refractivity (Wildman–Crippen MR) is 87.0 cm³/mol. The second-order valence-electron chi connectivity index (χ2n) is 6.64. The Morgan fingerprint density at radius 1 is 1.33 bits per heavy atom. The molecule has 0 aromatic carbocycles. The number of unbranched alkanes of at least 4 members (excludes halogenated alkanes) is 2.